The van der Waals surface area contributed by atoms with E-state index in [2.05, 4.69) is 5.32 Å². The highest BCUT2D eigenvalue weighted by Crippen LogP contribution is 2.16. The summed E-state index contributed by atoms with van der Waals surface area (Å²) in [4.78, 5) is 14.1. The largest absolute Gasteiger partial charge is 0.497 e. The van der Waals surface area contributed by atoms with Gasteiger partial charge in [0.1, 0.15) is 5.75 Å². The molecule has 0 aliphatic carbocycles. The maximum atomic E-state index is 13.2. The Balaban J connectivity index is 1.96. The zero-order chi connectivity index (χ0) is 17.7. The Morgan fingerprint density at radius 2 is 1.83 bits per heavy atom. The van der Waals surface area contributed by atoms with Gasteiger partial charge < -0.3 is 10.1 Å². The number of benzene rings is 2. The highest BCUT2D eigenvalue weighted by Gasteiger charge is 2.18. The molecule has 1 amide bonds. The quantitative estimate of drug-likeness (QED) is 0.880. The van der Waals surface area contributed by atoms with Gasteiger partial charge in [-0.15, -0.1) is 0 Å². The fraction of sp³-hybridized carbons (Fsp3) is 0.278. The Hall–Kier alpha value is -2.47. The number of ether oxygens (including phenoxy) is 1. The van der Waals surface area contributed by atoms with Crippen molar-refractivity contribution in [1.82, 2.24) is 4.90 Å². The number of halogens is 2. The average Bonchev–Trinajstić information content (AvgIpc) is 2.58. The molecule has 0 aliphatic heterocycles. The number of carbonyl (C=O) groups is 1. The van der Waals surface area contributed by atoms with Crippen molar-refractivity contribution in [2.45, 2.75) is 19.5 Å². The molecule has 0 saturated heterocycles. The number of hydrogen-bond donors (Lipinski definition) is 1. The first-order chi connectivity index (χ1) is 11.4. The third-order valence-electron chi connectivity index (χ3n) is 3.82. The molecular weight excluding hydrogens is 314 g/mol. The van der Waals surface area contributed by atoms with Gasteiger partial charge >= 0.3 is 0 Å². The molecule has 0 radical (unpaired) electrons. The third-order valence-corrected chi connectivity index (χ3v) is 3.82. The van der Waals surface area contributed by atoms with Crippen LogP contribution in [-0.2, 0) is 11.3 Å². The van der Waals surface area contributed by atoms with Gasteiger partial charge in [-0.2, -0.15) is 0 Å². The summed E-state index contributed by atoms with van der Waals surface area (Å²) in [6.07, 6.45) is 0. The number of amides is 1. The monoisotopic (exact) mass is 334 g/mol. The molecule has 6 heteroatoms. The van der Waals surface area contributed by atoms with E-state index in [1.807, 2.05) is 36.2 Å². The molecule has 1 atom stereocenters. The van der Waals surface area contributed by atoms with Gasteiger partial charge in [-0.1, -0.05) is 12.1 Å². The lowest BCUT2D eigenvalue weighted by Crippen LogP contribution is -2.39. The number of nitrogens with one attached hydrogen (secondary N) is 1. The van der Waals surface area contributed by atoms with Gasteiger partial charge in [-0.3, -0.25) is 9.69 Å². The van der Waals surface area contributed by atoms with E-state index in [-0.39, 0.29) is 11.6 Å². The zero-order valence-corrected chi connectivity index (χ0v) is 13.8. The van der Waals surface area contributed by atoms with Gasteiger partial charge in [-0.05, 0) is 43.8 Å². The number of rotatable bonds is 6. The van der Waals surface area contributed by atoms with Crippen LogP contribution >= 0.6 is 0 Å². The van der Waals surface area contributed by atoms with Crippen LogP contribution in [0.25, 0.3) is 0 Å². The van der Waals surface area contributed by atoms with Crippen molar-refractivity contribution in [2.75, 3.05) is 19.5 Å². The highest BCUT2D eigenvalue weighted by molar-refractivity contribution is 5.94. The molecule has 0 saturated carbocycles. The van der Waals surface area contributed by atoms with E-state index < -0.39 is 17.7 Å². The van der Waals surface area contributed by atoms with E-state index in [4.69, 9.17) is 4.74 Å². The maximum absolute atomic E-state index is 13.2. The molecule has 2 rings (SSSR count). The number of nitrogens with zero attached hydrogens (tertiary/aromatic N) is 1. The van der Waals surface area contributed by atoms with E-state index in [9.17, 15) is 13.6 Å². The predicted molar refractivity (Wildman–Crippen MR) is 88.9 cm³/mol. The molecule has 0 aliphatic rings. The van der Waals surface area contributed by atoms with Gasteiger partial charge in [0.15, 0.2) is 11.6 Å². The van der Waals surface area contributed by atoms with Crippen LogP contribution < -0.4 is 10.1 Å². The molecule has 0 fully saturated rings. The van der Waals surface area contributed by atoms with Crippen molar-refractivity contribution < 1.29 is 18.3 Å². The molecule has 2 aromatic rings. The topological polar surface area (TPSA) is 41.6 Å². The Morgan fingerprint density at radius 1 is 1.17 bits per heavy atom. The molecule has 0 spiro atoms. The standard InChI is InChI=1S/C18H20F2N2O2/c1-12(18(23)21-14-6-9-16(19)17(20)10-14)22(2)11-13-4-7-15(24-3)8-5-13/h4-10,12H,11H2,1-3H3,(H,21,23). The van der Waals surface area contributed by atoms with E-state index in [0.29, 0.717) is 6.54 Å². The van der Waals surface area contributed by atoms with Crippen molar-refractivity contribution in [2.24, 2.45) is 0 Å². The summed E-state index contributed by atoms with van der Waals surface area (Å²) >= 11 is 0. The second-order valence-electron chi connectivity index (χ2n) is 5.56. The fourth-order valence-corrected chi connectivity index (χ4v) is 2.18. The van der Waals surface area contributed by atoms with Crippen molar-refractivity contribution in [3.63, 3.8) is 0 Å². The summed E-state index contributed by atoms with van der Waals surface area (Å²) in [6.45, 7) is 2.31. The number of methoxy groups -OCH3 is 1. The highest BCUT2D eigenvalue weighted by atomic mass is 19.2. The van der Waals surface area contributed by atoms with Gasteiger partial charge in [0, 0.05) is 18.3 Å². The zero-order valence-electron chi connectivity index (χ0n) is 13.8. The molecule has 2 aromatic carbocycles. The second-order valence-corrected chi connectivity index (χ2v) is 5.56. The normalized spacial score (nSPS) is 12.1. The third kappa shape index (κ3) is 4.52. The summed E-state index contributed by atoms with van der Waals surface area (Å²) in [7, 11) is 3.42. The minimum atomic E-state index is -0.993. The molecule has 128 valence electrons. The minimum Gasteiger partial charge on any atom is -0.497 e. The van der Waals surface area contributed by atoms with Gasteiger partial charge in [0.25, 0.3) is 0 Å². The van der Waals surface area contributed by atoms with E-state index in [0.717, 1.165) is 23.4 Å². The molecule has 24 heavy (non-hydrogen) atoms. The van der Waals surface area contributed by atoms with E-state index in [1.54, 1.807) is 14.0 Å². The molecule has 0 heterocycles. The lowest BCUT2D eigenvalue weighted by atomic mass is 10.1. The van der Waals surface area contributed by atoms with Crippen molar-refractivity contribution >= 4 is 11.6 Å². The maximum Gasteiger partial charge on any atom is 0.241 e. The van der Waals surface area contributed by atoms with Crippen LogP contribution in [-0.4, -0.2) is 31.0 Å². The van der Waals surface area contributed by atoms with E-state index >= 15 is 0 Å². The van der Waals surface area contributed by atoms with Crippen LogP contribution in [0.4, 0.5) is 14.5 Å². The van der Waals surface area contributed by atoms with Crippen LogP contribution in [0.1, 0.15) is 12.5 Å². The Kier molecular flexibility index (Phi) is 5.87. The predicted octanol–water partition coefficient (Wildman–Crippen LogP) is 3.43. The summed E-state index contributed by atoms with van der Waals surface area (Å²) in [5.74, 6) is -1.47. The number of likely N-dealkylation sites (N-methyl/N-ethyl adjacent to an activating group) is 1. The molecular formula is C18H20F2N2O2. The first-order valence-electron chi connectivity index (χ1n) is 7.50. The number of anilines is 1. The van der Waals surface area contributed by atoms with Crippen LogP contribution in [0.5, 0.6) is 5.75 Å². The first kappa shape index (κ1) is 17.9. The summed E-state index contributed by atoms with van der Waals surface area (Å²) in [5, 5.41) is 2.59. The van der Waals surface area contributed by atoms with Gasteiger partial charge in [-0.25, -0.2) is 8.78 Å². The van der Waals surface area contributed by atoms with Gasteiger partial charge in [0.2, 0.25) is 5.91 Å². The SMILES string of the molecule is COc1ccc(CN(C)C(C)C(=O)Nc2ccc(F)c(F)c2)cc1. The average molecular weight is 334 g/mol. The van der Waals surface area contributed by atoms with Crippen LogP contribution in [0.3, 0.4) is 0 Å². The lowest BCUT2D eigenvalue weighted by Gasteiger charge is -2.24. The van der Waals surface area contributed by atoms with E-state index in [1.165, 1.54) is 6.07 Å². The van der Waals surface area contributed by atoms with Crippen molar-refractivity contribution in [3.8, 4) is 5.75 Å². The summed E-state index contributed by atoms with van der Waals surface area (Å²) in [6, 6.07) is 10.4. The minimum absolute atomic E-state index is 0.226. The molecule has 0 bridgehead atoms. The lowest BCUT2D eigenvalue weighted by molar-refractivity contribution is -0.120. The second kappa shape index (κ2) is 7.88. The van der Waals surface area contributed by atoms with Crippen LogP contribution in [0, 0.1) is 11.6 Å². The Labute approximate surface area is 140 Å². The van der Waals surface area contributed by atoms with Crippen molar-refractivity contribution in [1.29, 1.82) is 0 Å². The smallest absolute Gasteiger partial charge is 0.241 e. The molecule has 1 N–H and O–H groups in total. The Bertz CT molecular complexity index is 705. The van der Waals surface area contributed by atoms with Crippen molar-refractivity contribution in [3.05, 3.63) is 59.7 Å². The first-order valence-corrected chi connectivity index (χ1v) is 7.50. The summed E-state index contributed by atoms with van der Waals surface area (Å²) < 4.78 is 31.2. The molecule has 0 aromatic heterocycles. The van der Waals surface area contributed by atoms with Crippen LogP contribution in [0.2, 0.25) is 0 Å². The number of carbonyl (C=O) groups excluding carboxylic acids is 1. The Morgan fingerprint density at radius 3 is 2.42 bits per heavy atom. The van der Waals surface area contributed by atoms with Crippen LogP contribution in [0.15, 0.2) is 42.5 Å². The molecule has 4 nitrogen and oxygen atoms in total. The molecule has 1 unspecified atom stereocenters. The summed E-state index contributed by atoms with van der Waals surface area (Å²) in [5.41, 5.74) is 1.26. The number of hydrogen-bond acceptors (Lipinski definition) is 3. The fourth-order valence-electron chi connectivity index (χ4n) is 2.18. The van der Waals surface area contributed by atoms with Gasteiger partial charge in [0.05, 0.1) is 13.2 Å².